The van der Waals surface area contributed by atoms with Gasteiger partial charge in [-0.3, -0.25) is 0 Å². The first-order valence-electron chi connectivity index (χ1n) is 6.03. The SMILES string of the molecule is COc1cc(OC)cc(Oc2cc(Cl)ccc2C(N)=S)c1. The van der Waals surface area contributed by atoms with E-state index in [4.69, 9.17) is 43.8 Å². The molecule has 2 aromatic carbocycles. The topological polar surface area (TPSA) is 53.7 Å². The molecular formula is C15H14ClNO3S. The Morgan fingerprint density at radius 2 is 1.57 bits per heavy atom. The zero-order chi connectivity index (χ0) is 15.4. The fourth-order valence-corrected chi connectivity index (χ4v) is 2.08. The summed E-state index contributed by atoms with van der Waals surface area (Å²) in [5.74, 6) is 2.24. The van der Waals surface area contributed by atoms with Gasteiger partial charge >= 0.3 is 0 Å². The molecule has 21 heavy (non-hydrogen) atoms. The normalized spacial score (nSPS) is 10.0. The van der Waals surface area contributed by atoms with Crippen molar-refractivity contribution < 1.29 is 14.2 Å². The van der Waals surface area contributed by atoms with Crippen molar-refractivity contribution >= 4 is 28.8 Å². The van der Waals surface area contributed by atoms with E-state index in [0.29, 0.717) is 33.6 Å². The quantitative estimate of drug-likeness (QED) is 0.849. The fourth-order valence-electron chi connectivity index (χ4n) is 1.75. The van der Waals surface area contributed by atoms with Crippen LogP contribution >= 0.6 is 23.8 Å². The summed E-state index contributed by atoms with van der Waals surface area (Å²) in [6, 6.07) is 10.3. The van der Waals surface area contributed by atoms with E-state index in [1.165, 1.54) is 0 Å². The van der Waals surface area contributed by atoms with Gasteiger partial charge in [0.15, 0.2) is 0 Å². The second kappa shape index (κ2) is 6.65. The Bertz CT molecular complexity index is 654. The molecule has 0 unspecified atom stereocenters. The van der Waals surface area contributed by atoms with Crippen LogP contribution in [0.15, 0.2) is 36.4 Å². The fraction of sp³-hybridized carbons (Fsp3) is 0.133. The minimum absolute atomic E-state index is 0.233. The van der Waals surface area contributed by atoms with Crippen molar-refractivity contribution in [3.8, 4) is 23.0 Å². The Morgan fingerprint density at radius 3 is 2.10 bits per heavy atom. The summed E-state index contributed by atoms with van der Waals surface area (Å²) >= 11 is 11.0. The van der Waals surface area contributed by atoms with E-state index in [2.05, 4.69) is 0 Å². The third kappa shape index (κ3) is 3.77. The third-order valence-corrected chi connectivity index (χ3v) is 3.22. The highest BCUT2D eigenvalue weighted by Gasteiger charge is 2.10. The molecule has 0 aliphatic heterocycles. The van der Waals surface area contributed by atoms with Crippen molar-refractivity contribution in [2.24, 2.45) is 5.73 Å². The van der Waals surface area contributed by atoms with Gasteiger partial charge in [0.25, 0.3) is 0 Å². The second-order valence-corrected chi connectivity index (χ2v) is 5.03. The van der Waals surface area contributed by atoms with Crippen LogP contribution in [-0.2, 0) is 0 Å². The summed E-state index contributed by atoms with van der Waals surface area (Å²) < 4.78 is 16.2. The molecule has 4 nitrogen and oxygen atoms in total. The van der Waals surface area contributed by atoms with E-state index < -0.39 is 0 Å². The summed E-state index contributed by atoms with van der Waals surface area (Å²) in [6.45, 7) is 0. The Hall–Kier alpha value is -1.98. The molecule has 0 aliphatic rings. The Balaban J connectivity index is 2.42. The lowest BCUT2D eigenvalue weighted by Crippen LogP contribution is -2.10. The molecular weight excluding hydrogens is 310 g/mol. The lowest BCUT2D eigenvalue weighted by molar-refractivity contribution is 0.386. The molecule has 0 saturated heterocycles. The number of nitrogens with two attached hydrogens (primary N) is 1. The Labute approximate surface area is 133 Å². The first-order chi connectivity index (χ1) is 10.0. The monoisotopic (exact) mass is 323 g/mol. The number of halogens is 1. The van der Waals surface area contributed by atoms with Crippen LogP contribution in [-0.4, -0.2) is 19.2 Å². The minimum atomic E-state index is 0.233. The van der Waals surface area contributed by atoms with E-state index in [9.17, 15) is 0 Å². The number of ether oxygens (including phenoxy) is 3. The maximum Gasteiger partial charge on any atom is 0.139 e. The van der Waals surface area contributed by atoms with Gasteiger partial charge in [-0.05, 0) is 12.1 Å². The van der Waals surface area contributed by atoms with Crippen LogP contribution in [0.5, 0.6) is 23.0 Å². The molecule has 0 saturated carbocycles. The van der Waals surface area contributed by atoms with E-state index in [1.807, 2.05) is 0 Å². The standard InChI is InChI=1S/C15H14ClNO3S/c1-18-10-6-11(19-2)8-12(7-10)20-14-5-9(16)3-4-13(14)15(17)21/h3-8H,1-2H3,(H2,17,21). The predicted molar refractivity (Wildman–Crippen MR) is 87.0 cm³/mol. The molecule has 0 fully saturated rings. The van der Waals surface area contributed by atoms with Crippen molar-refractivity contribution in [1.29, 1.82) is 0 Å². The second-order valence-electron chi connectivity index (χ2n) is 4.16. The van der Waals surface area contributed by atoms with Gasteiger partial charge in [0, 0.05) is 29.3 Å². The van der Waals surface area contributed by atoms with E-state index in [1.54, 1.807) is 50.6 Å². The number of hydrogen-bond donors (Lipinski definition) is 1. The number of hydrogen-bond acceptors (Lipinski definition) is 4. The van der Waals surface area contributed by atoms with Crippen LogP contribution in [0.1, 0.15) is 5.56 Å². The molecule has 0 atom stereocenters. The van der Waals surface area contributed by atoms with Gasteiger partial charge in [0.1, 0.15) is 28.0 Å². The first kappa shape index (κ1) is 15.4. The zero-order valence-corrected chi connectivity index (χ0v) is 13.1. The first-order valence-corrected chi connectivity index (χ1v) is 6.82. The van der Waals surface area contributed by atoms with Crippen molar-refractivity contribution in [2.45, 2.75) is 0 Å². The summed E-state index contributed by atoms with van der Waals surface area (Å²) in [5.41, 5.74) is 6.30. The number of thiocarbonyl (C=S) groups is 1. The van der Waals surface area contributed by atoms with Crippen LogP contribution in [0, 0.1) is 0 Å². The van der Waals surface area contributed by atoms with E-state index in [-0.39, 0.29) is 4.99 Å². The van der Waals surface area contributed by atoms with Crippen LogP contribution < -0.4 is 19.9 Å². The Morgan fingerprint density at radius 1 is 1.00 bits per heavy atom. The molecule has 0 amide bonds. The highest BCUT2D eigenvalue weighted by molar-refractivity contribution is 7.80. The summed E-state index contributed by atoms with van der Waals surface area (Å²) in [5, 5.41) is 0.528. The van der Waals surface area contributed by atoms with Gasteiger partial charge in [-0.2, -0.15) is 0 Å². The van der Waals surface area contributed by atoms with Gasteiger partial charge in [0.2, 0.25) is 0 Å². The van der Waals surface area contributed by atoms with Crippen molar-refractivity contribution in [3.05, 3.63) is 47.0 Å². The van der Waals surface area contributed by atoms with Crippen molar-refractivity contribution in [3.63, 3.8) is 0 Å². The molecule has 0 radical (unpaired) electrons. The smallest absolute Gasteiger partial charge is 0.139 e. The molecule has 0 aromatic heterocycles. The van der Waals surface area contributed by atoms with Gasteiger partial charge in [-0.15, -0.1) is 0 Å². The molecule has 0 bridgehead atoms. The molecule has 110 valence electrons. The molecule has 2 N–H and O–H groups in total. The lowest BCUT2D eigenvalue weighted by Gasteiger charge is -2.13. The highest BCUT2D eigenvalue weighted by atomic mass is 35.5. The summed E-state index contributed by atoms with van der Waals surface area (Å²) in [6.07, 6.45) is 0. The van der Waals surface area contributed by atoms with Gasteiger partial charge < -0.3 is 19.9 Å². The maximum absolute atomic E-state index is 5.99. The number of methoxy groups -OCH3 is 2. The molecule has 6 heteroatoms. The minimum Gasteiger partial charge on any atom is -0.496 e. The van der Waals surface area contributed by atoms with E-state index >= 15 is 0 Å². The maximum atomic E-state index is 5.99. The van der Waals surface area contributed by atoms with Gasteiger partial charge in [-0.1, -0.05) is 23.8 Å². The van der Waals surface area contributed by atoms with Crippen LogP contribution in [0.25, 0.3) is 0 Å². The average Bonchev–Trinajstić information content (AvgIpc) is 2.46. The average molecular weight is 324 g/mol. The number of rotatable bonds is 5. The molecule has 2 rings (SSSR count). The molecule has 0 spiro atoms. The zero-order valence-electron chi connectivity index (χ0n) is 11.6. The van der Waals surface area contributed by atoms with E-state index in [0.717, 1.165) is 0 Å². The Kier molecular flexibility index (Phi) is 4.88. The van der Waals surface area contributed by atoms with Gasteiger partial charge in [0.05, 0.1) is 19.8 Å². The molecule has 2 aromatic rings. The predicted octanol–water partition coefficient (Wildman–Crippen LogP) is 3.78. The number of benzene rings is 2. The lowest BCUT2D eigenvalue weighted by atomic mass is 10.2. The van der Waals surface area contributed by atoms with Gasteiger partial charge in [-0.25, -0.2) is 0 Å². The van der Waals surface area contributed by atoms with Crippen LogP contribution in [0.4, 0.5) is 0 Å². The summed E-state index contributed by atoms with van der Waals surface area (Å²) in [4.78, 5) is 0.233. The van der Waals surface area contributed by atoms with Crippen molar-refractivity contribution in [1.82, 2.24) is 0 Å². The van der Waals surface area contributed by atoms with Crippen LogP contribution in [0.3, 0.4) is 0 Å². The highest BCUT2D eigenvalue weighted by Crippen LogP contribution is 2.33. The third-order valence-electron chi connectivity index (χ3n) is 2.76. The van der Waals surface area contributed by atoms with Crippen molar-refractivity contribution in [2.75, 3.05) is 14.2 Å². The molecule has 0 aliphatic carbocycles. The molecule has 0 heterocycles. The largest absolute Gasteiger partial charge is 0.496 e. The van der Waals surface area contributed by atoms with Crippen LogP contribution in [0.2, 0.25) is 5.02 Å². The summed E-state index contributed by atoms with van der Waals surface area (Å²) in [7, 11) is 3.14.